The molecule has 0 aliphatic heterocycles. The highest BCUT2D eigenvalue weighted by Gasteiger charge is 2.42. The monoisotopic (exact) mass is 305 g/mol. The molecule has 1 aliphatic rings. The van der Waals surface area contributed by atoms with E-state index < -0.39 is 12.1 Å². The van der Waals surface area contributed by atoms with Crippen molar-refractivity contribution in [3.63, 3.8) is 0 Å². The summed E-state index contributed by atoms with van der Waals surface area (Å²) in [4.78, 5) is 2.51. The summed E-state index contributed by atoms with van der Waals surface area (Å²) in [5, 5.41) is 3.40. The van der Waals surface area contributed by atoms with Gasteiger partial charge in [0.05, 0.1) is 5.92 Å². The van der Waals surface area contributed by atoms with Gasteiger partial charge in [-0.15, -0.1) is 11.3 Å². The SMILES string of the molecule is Cc1cc(C(C)NC2CCCC(C(F)(F)F)C2)c(C)s1. The third-order valence-electron chi connectivity index (χ3n) is 4.17. The van der Waals surface area contributed by atoms with Crippen LogP contribution in [0.15, 0.2) is 6.07 Å². The number of thiophene rings is 1. The van der Waals surface area contributed by atoms with E-state index >= 15 is 0 Å². The number of aryl methyl sites for hydroxylation is 2. The van der Waals surface area contributed by atoms with Crippen LogP contribution in [0, 0.1) is 19.8 Å². The van der Waals surface area contributed by atoms with Gasteiger partial charge in [0.15, 0.2) is 0 Å². The Morgan fingerprint density at radius 1 is 1.30 bits per heavy atom. The number of hydrogen-bond donors (Lipinski definition) is 1. The third-order valence-corrected chi connectivity index (χ3v) is 5.15. The molecule has 3 atom stereocenters. The Hall–Kier alpha value is -0.550. The van der Waals surface area contributed by atoms with E-state index in [1.807, 2.05) is 6.92 Å². The molecule has 2 rings (SSSR count). The molecule has 1 nitrogen and oxygen atoms in total. The molecule has 3 unspecified atom stereocenters. The van der Waals surface area contributed by atoms with Crippen LogP contribution in [0.1, 0.15) is 54.0 Å². The molecule has 0 spiro atoms. The number of alkyl halides is 3. The topological polar surface area (TPSA) is 12.0 Å². The normalized spacial score (nSPS) is 25.7. The molecule has 1 aliphatic carbocycles. The lowest BCUT2D eigenvalue weighted by atomic mass is 9.85. The second kappa shape index (κ2) is 6.06. The number of rotatable bonds is 3. The minimum atomic E-state index is -4.04. The maximum absolute atomic E-state index is 12.8. The van der Waals surface area contributed by atoms with Crippen LogP contribution in [0.25, 0.3) is 0 Å². The summed E-state index contributed by atoms with van der Waals surface area (Å²) in [6.07, 6.45) is -2.03. The van der Waals surface area contributed by atoms with E-state index in [9.17, 15) is 13.2 Å². The van der Waals surface area contributed by atoms with Crippen LogP contribution < -0.4 is 5.32 Å². The summed E-state index contributed by atoms with van der Waals surface area (Å²) in [7, 11) is 0. The zero-order valence-corrected chi connectivity index (χ0v) is 13.0. The lowest BCUT2D eigenvalue weighted by Gasteiger charge is -2.33. The van der Waals surface area contributed by atoms with Gasteiger partial charge in [0.1, 0.15) is 0 Å². The van der Waals surface area contributed by atoms with Crippen molar-refractivity contribution in [2.75, 3.05) is 0 Å². The van der Waals surface area contributed by atoms with Gasteiger partial charge in [0, 0.05) is 21.8 Å². The van der Waals surface area contributed by atoms with Crippen LogP contribution in [-0.2, 0) is 0 Å². The van der Waals surface area contributed by atoms with Crippen molar-refractivity contribution in [3.05, 3.63) is 21.4 Å². The van der Waals surface area contributed by atoms with E-state index in [2.05, 4.69) is 25.2 Å². The molecule has 0 amide bonds. The van der Waals surface area contributed by atoms with Crippen molar-refractivity contribution < 1.29 is 13.2 Å². The largest absolute Gasteiger partial charge is 0.391 e. The standard InChI is InChI=1S/C15H22F3NS/c1-9-7-14(11(3)20-9)10(2)19-13-6-4-5-12(8-13)15(16,17)18/h7,10,12-13,19H,4-6,8H2,1-3H3. The summed E-state index contributed by atoms with van der Waals surface area (Å²) in [5.74, 6) is -1.13. The van der Waals surface area contributed by atoms with Crippen LogP contribution in [0.5, 0.6) is 0 Å². The summed E-state index contributed by atoms with van der Waals surface area (Å²) in [6.45, 7) is 6.18. The van der Waals surface area contributed by atoms with Gasteiger partial charge in [0.25, 0.3) is 0 Å². The van der Waals surface area contributed by atoms with Gasteiger partial charge in [-0.05, 0) is 51.7 Å². The predicted octanol–water partition coefficient (Wildman–Crippen LogP) is 5.14. The first-order valence-corrected chi connectivity index (χ1v) is 7.98. The molecule has 5 heteroatoms. The fourth-order valence-corrected chi connectivity index (χ4v) is 4.18. The second-order valence-corrected chi connectivity index (χ2v) is 7.32. The molecule has 0 saturated heterocycles. The van der Waals surface area contributed by atoms with Crippen molar-refractivity contribution in [1.29, 1.82) is 0 Å². The van der Waals surface area contributed by atoms with Crippen molar-refractivity contribution in [2.24, 2.45) is 5.92 Å². The van der Waals surface area contributed by atoms with Crippen molar-refractivity contribution >= 4 is 11.3 Å². The Balaban J connectivity index is 1.97. The van der Waals surface area contributed by atoms with Gasteiger partial charge in [0.2, 0.25) is 0 Å². The van der Waals surface area contributed by atoms with Gasteiger partial charge in [-0.1, -0.05) is 6.42 Å². The number of nitrogens with one attached hydrogen (secondary N) is 1. The molecule has 1 N–H and O–H groups in total. The van der Waals surface area contributed by atoms with Crippen molar-refractivity contribution in [2.45, 2.75) is 64.7 Å². The zero-order valence-electron chi connectivity index (χ0n) is 12.2. The molecular weight excluding hydrogens is 283 g/mol. The minimum absolute atomic E-state index is 0.0232. The van der Waals surface area contributed by atoms with Gasteiger partial charge >= 0.3 is 6.18 Å². The summed E-state index contributed by atoms with van der Waals surface area (Å²) < 4.78 is 38.4. The molecule has 1 fully saturated rings. The van der Waals surface area contributed by atoms with Crippen LogP contribution >= 0.6 is 11.3 Å². The first-order valence-electron chi connectivity index (χ1n) is 7.17. The quantitative estimate of drug-likeness (QED) is 0.815. The highest BCUT2D eigenvalue weighted by atomic mass is 32.1. The molecule has 114 valence electrons. The summed E-state index contributed by atoms with van der Waals surface area (Å²) in [6, 6.07) is 2.24. The third kappa shape index (κ3) is 3.76. The first kappa shape index (κ1) is 15.8. The van der Waals surface area contributed by atoms with Crippen LogP contribution in [0.3, 0.4) is 0 Å². The number of hydrogen-bond acceptors (Lipinski definition) is 2. The molecule has 1 heterocycles. The van der Waals surface area contributed by atoms with Gasteiger partial charge in [-0.2, -0.15) is 13.2 Å². The Labute approximate surface area is 122 Å². The van der Waals surface area contributed by atoms with E-state index in [1.165, 1.54) is 15.3 Å². The minimum Gasteiger partial charge on any atom is -0.307 e. The average molecular weight is 305 g/mol. The van der Waals surface area contributed by atoms with Crippen LogP contribution in [0.2, 0.25) is 0 Å². The highest BCUT2D eigenvalue weighted by molar-refractivity contribution is 7.12. The molecule has 0 aromatic carbocycles. The number of halogens is 3. The molecular formula is C15H22F3NS. The highest BCUT2D eigenvalue weighted by Crippen LogP contribution is 2.38. The molecule has 1 aromatic heterocycles. The molecule has 0 bridgehead atoms. The van der Waals surface area contributed by atoms with Gasteiger partial charge in [-0.3, -0.25) is 0 Å². The summed E-state index contributed by atoms with van der Waals surface area (Å²) >= 11 is 1.74. The van der Waals surface area contributed by atoms with Gasteiger partial charge < -0.3 is 5.32 Å². The lowest BCUT2D eigenvalue weighted by molar-refractivity contribution is -0.183. The lowest BCUT2D eigenvalue weighted by Crippen LogP contribution is -2.39. The molecule has 0 radical (unpaired) electrons. The predicted molar refractivity (Wildman–Crippen MR) is 77.1 cm³/mol. The van der Waals surface area contributed by atoms with E-state index in [0.717, 1.165) is 6.42 Å². The Bertz CT molecular complexity index is 452. The van der Waals surface area contributed by atoms with Crippen molar-refractivity contribution in [1.82, 2.24) is 5.32 Å². The summed E-state index contributed by atoms with van der Waals surface area (Å²) in [5.41, 5.74) is 1.22. The second-order valence-electron chi connectivity index (χ2n) is 5.86. The van der Waals surface area contributed by atoms with Gasteiger partial charge in [-0.25, -0.2) is 0 Å². The van der Waals surface area contributed by atoms with Crippen LogP contribution in [-0.4, -0.2) is 12.2 Å². The smallest absolute Gasteiger partial charge is 0.307 e. The van der Waals surface area contributed by atoms with E-state index in [1.54, 1.807) is 11.3 Å². The fraction of sp³-hybridized carbons (Fsp3) is 0.733. The van der Waals surface area contributed by atoms with E-state index in [0.29, 0.717) is 6.42 Å². The van der Waals surface area contributed by atoms with E-state index in [-0.39, 0.29) is 24.9 Å². The first-order chi connectivity index (χ1) is 9.27. The van der Waals surface area contributed by atoms with E-state index in [4.69, 9.17) is 0 Å². The maximum Gasteiger partial charge on any atom is 0.391 e. The Morgan fingerprint density at radius 2 is 2.00 bits per heavy atom. The van der Waals surface area contributed by atoms with Crippen molar-refractivity contribution in [3.8, 4) is 0 Å². The Morgan fingerprint density at radius 3 is 2.55 bits per heavy atom. The Kier molecular flexibility index (Phi) is 4.80. The molecule has 1 saturated carbocycles. The molecule has 1 aromatic rings. The zero-order chi connectivity index (χ0) is 14.9. The fourth-order valence-electron chi connectivity index (χ4n) is 3.16. The average Bonchev–Trinajstić information content (AvgIpc) is 2.68. The van der Waals surface area contributed by atoms with Crippen LogP contribution in [0.4, 0.5) is 13.2 Å². The molecule has 20 heavy (non-hydrogen) atoms. The maximum atomic E-state index is 12.8.